The van der Waals surface area contributed by atoms with E-state index < -0.39 is 0 Å². The lowest BCUT2D eigenvalue weighted by Gasteiger charge is -2.04. The van der Waals surface area contributed by atoms with Crippen LogP contribution in [-0.2, 0) is 6.42 Å². The normalized spacial score (nSPS) is 11.2. The average molecular weight is 388 g/mol. The summed E-state index contributed by atoms with van der Waals surface area (Å²) < 4.78 is 1.64. The number of hydrogen-bond donors (Lipinski definition) is 0. The Morgan fingerprint density at radius 3 is 2.50 bits per heavy atom. The molecule has 5 heteroatoms. The molecule has 0 saturated heterocycles. The second-order valence-electron chi connectivity index (χ2n) is 6.78. The van der Waals surface area contributed by atoms with Crippen LogP contribution in [0, 0.1) is 6.33 Å². The summed E-state index contributed by atoms with van der Waals surface area (Å²) in [6.07, 6.45) is 10.6. The lowest BCUT2D eigenvalue weighted by molar-refractivity contribution is 0.649. The van der Waals surface area contributed by atoms with Crippen LogP contribution < -0.4 is 0 Å². The number of aromatic nitrogens is 4. The molecule has 0 atom stereocenters. The Morgan fingerprint density at radius 2 is 1.71 bits per heavy atom. The zero-order valence-corrected chi connectivity index (χ0v) is 16.8. The second kappa shape index (κ2) is 9.02. The van der Waals surface area contributed by atoms with Gasteiger partial charge in [0.05, 0.1) is 6.20 Å². The van der Waals surface area contributed by atoms with Gasteiger partial charge in [0, 0.05) is 21.8 Å². The lowest BCUT2D eigenvalue weighted by atomic mass is 10.1. The number of unbranched alkanes of at least 4 members (excludes halogenated alkanes) is 3. The Hall–Kier alpha value is -2.66. The predicted molar refractivity (Wildman–Crippen MR) is 113 cm³/mol. The summed E-state index contributed by atoms with van der Waals surface area (Å²) in [6.45, 7) is 2.22. The highest BCUT2D eigenvalue weighted by molar-refractivity contribution is 7.99. The number of fused-ring (bicyclic) bond motifs is 1. The molecule has 0 spiro atoms. The number of benzene rings is 2. The van der Waals surface area contributed by atoms with Gasteiger partial charge >= 0.3 is 0 Å². The van der Waals surface area contributed by atoms with Gasteiger partial charge in [0.15, 0.2) is 5.65 Å². The van der Waals surface area contributed by atoms with Crippen molar-refractivity contribution in [3.63, 3.8) is 0 Å². The summed E-state index contributed by atoms with van der Waals surface area (Å²) in [7, 11) is 0. The molecule has 0 aliphatic carbocycles. The Kier molecular flexibility index (Phi) is 6.02. The van der Waals surface area contributed by atoms with Crippen molar-refractivity contribution in [3.05, 3.63) is 72.9 Å². The molecule has 2 aromatic heterocycles. The summed E-state index contributed by atoms with van der Waals surface area (Å²) in [5.41, 5.74) is 2.95. The number of rotatable bonds is 8. The lowest BCUT2D eigenvalue weighted by Crippen LogP contribution is -2.01. The first-order valence-electron chi connectivity index (χ1n) is 9.79. The van der Waals surface area contributed by atoms with Gasteiger partial charge in [0.25, 0.3) is 0 Å². The zero-order valence-electron chi connectivity index (χ0n) is 16.0. The average Bonchev–Trinajstić information content (AvgIpc) is 3.16. The molecule has 0 fully saturated rings. The minimum atomic E-state index is 0.823. The molecule has 28 heavy (non-hydrogen) atoms. The molecular formula is C23H23N4S. The molecule has 1 radical (unpaired) electrons. The van der Waals surface area contributed by atoms with Gasteiger partial charge in [-0.3, -0.25) is 0 Å². The zero-order chi connectivity index (χ0) is 19.2. The molecule has 4 aromatic rings. The van der Waals surface area contributed by atoms with E-state index in [-0.39, 0.29) is 0 Å². The maximum Gasteiger partial charge on any atom is 0.202 e. The van der Waals surface area contributed by atoms with Crippen molar-refractivity contribution in [3.8, 4) is 11.1 Å². The Bertz CT molecular complexity index is 1030. The molecule has 4 rings (SSSR count). The van der Waals surface area contributed by atoms with Gasteiger partial charge in [-0.15, -0.1) is 0 Å². The Balaban J connectivity index is 1.53. The Morgan fingerprint density at radius 1 is 0.929 bits per heavy atom. The van der Waals surface area contributed by atoms with E-state index in [2.05, 4.69) is 71.9 Å². The summed E-state index contributed by atoms with van der Waals surface area (Å²) >= 11 is 1.76. The van der Waals surface area contributed by atoms with E-state index in [0.29, 0.717) is 0 Å². The monoisotopic (exact) mass is 387 g/mol. The molecule has 4 nitrogen and oxygen atoms in total. The van der Waals surface area contributed by atoms with Crippen LogP contribution in [0.25, 0.3) is 16.8 Å². The topological polar surface area (TPSA) is 43.1 Å². The summed E-state index contributed by atoms with van der Waals surface area (Å²) in [5, 5.41) is 4.37. The van der Waals surface area contributed by atoms with Crippen LogP contribution in [0.2, 0.25) is 0 Å². The maximum atomic E-state index is 4.75. The van der Waals surface area contributed by atoms with Gasteiger partial charge in [0.2, 0.25) is 6.33 Å². The molecule has 0 bridgehead atoms. The third kappa shape index (κ3) is 4.42. The van der Waals surface area contributed by atoms with Crippen LogP contribution in [0.5, 0.6) is 0 Å². The highest BCUT2D eigenvalue weighted by Crippen LogP contribution is 2.30. The van der Waals surface area contributed by atoms with Crippen LogP contribution in [0.4, 0.5) is 0 Å². The van der Waals surface area contributed by atoms with E-state index in [1.165, 1.54) is 29.1 Å². The SMILES string of the molecule is CCCCCCc1n[c]n2ncc(-c3ccc(Sc4ccccc4)cc3)c2n1. The number of aryl methyl sites for hydroxylation is 1. The largest absolute Gasteiger partial charge is 0.213 e. The number of hydrogen-bond acceptors (Lipinski definition) is 4. The quantitative estimate of drug-likeness (QED) is 0.355. The van der Waals surface area contributed by atoms with Gasteiger partial charge in [-0.05, 0) is 36.2 Å². The van der Waals surface area contributed by atoms with E-state index in [1.54, 1.807) is 16.3 Å². The van der Waals surface area contributed by atoms with Crippen molar-refractivity contribution in [1.29, 1.82) is 0 Å². The van der Waals surface area contributed by atoms with Crippen molar-refractivity contribution in [2.75, 3.05) is 0 Å². The fourth-order valence-electron chi connectivity index (χ4n) is 3.13. The van der Waals surface area contributed by atoms with Crippen LogP contribution in [0.3, 0.4) is 0 Å². The van der Waals surface area contributed by atoms with E-state index >= 15 is 0 Å². The highest BCUT2D eigenvalue weighted by atomic mass is 32.2. The molecule has 141 valence electrons. The molecule has 0 unspecified atom stereocenters. The molecule has 0 aliphatic heterocycles. The third-order valence-electron chi connectivity index (χ3n) is 4.65. The third-order valence-corrected chi connectivity index (χ3v) is 5.67. The minimum absolute atomic E-state index is 0.823. The second-order valence-corrected chi connectivity index (χ2v) is 7.93. The summed E-state index contributed by atoms with van der Waals surface area (Å²) in [5.74, 6) is 0.849. The van der Waals surface area contributed by atoms with Gasteiger partial charge in [-0.2, -0.15) is 9.61 Å². The van der Waals surface area contributed by atoms with Crippen molar-refractivity contribution in [2.45, 2.75) is 48.8 Å². The van der Waals surface area contributed by atoms with Gasteiger partial charge in [-0.25, -0.2) is 9.97 Å². The van der Waals surface area contributed by atoms with Crippen molar-refractivity contribution in [1.82, 2.24) is 19.6 Å². The molecule has 2 aromatic carbocycles. The standard InChI is InChI=1S/C23H23N4S/c1-2-3-4-8-11-22-24-17-27-23(26-22)21(16-25-27)18-12-14-20(15-13-18)28-19-9-6-5-7-10-19/h5-7,9-10,12-16H,2-4,8,11H2,1H3. The minimum Gasteiger partial charge on any atom is -0.213 e. The molecule has 0 saturated carbocycles. The predicted octanol–water partition coefficient (Wildman–Crippen LogP) is 5.87. The van der Waals surface area contributed by atoms with E-state index in [0.717, 1.165) is 35.4 Å². The van der Waals surface area contributed by atoms with E-state index in [9.17, 15) is 0 Å². The van der Waals surface area contributed by atoms with Gasteiger partial charge in [-0.1, -0.05) is 68.3 Å². The summed E-state index contributed by atoms with van der Waals surface area (Å²) in [6, 6.07) is 19.0. The van der Waals surface area contributed by atoms with Crippen LogP contribution in [0.1, 0.15) is 38.4 Å². The van der Waals surface area contributed by atoms with E-state index in [1.807, 2.05) is 12.3 Å². The molecular weight excluding hydrogens is 364 g/mol. The van der Waals surface area contributed by atoms with Gasteiger partial charge < -0.3 is 0 Å². The smallest absolute Gasteiger partial charge is 0.202 e. The van der Waals surface area contributed by atoms with Crippen molar-refractivity contribution < 1.29 is 0 Å². The maximum absolute atomic E-state index is 4.75. The first-order chi connectivity index (χ1) is 13.8. The van der Waals surface area contributed by atoms with Crippen molar-refractivity contribution >= 4 is 17.4 Å². The summed E-state index contributed by atoms with van der Waals surface area (Å²) in [4.78, 5) is 11.5. The first kappa shape index (κ1) is 18.7. The fraction of sp³-hybridized carbons (Fsp3) is 0.261. The number of nitrogens with zero attached hydrogens (tertiary/aromatic N) is 4. The van der Waals surface area contributed by atoms with Crippen LogP contribution in [-0.4, -0.2) is 19.6 Å². The van der Waals surface area contributed by atoms with E-state index in [4.69, 9.17) is 4.98 Å². The molecule has 2 heterocycles. The van der Waals surface area contributed by atoms with Crippen LogP contribution >= 0.6 is 11.8 Å². The fourth-order valence-corrected chi connectivity index (χ4v) is 3.97. The van der Waals surface area contributed by atoms with Crippen LogP contribution in [0.15, 0.2) is 70.6 Å². The Labute approximate surface area is 170 Å². The molecule has 0 N–H and O–H groups in total. The van der Waals surface area contributed by atoms with Crippen molar-refractivity contribution in [2.24, 2.45) is 0 Å². The first-order valence-corrected chi connectivity index (χ1v) is 10.6. The highest BCUT2D eigenvalue weighted by Gasteiger charge is 2.10. The van der Waals surface area contributed by atoms with Gasteiger partial charge in [0.1, 0.15) is 5.82 Å². The molecule has 0 aliphatic rings. The molecule has 0 amide bonds.